The third-order valence-corrected chi connectivity index (χ3v) is 7.79. The molecule has 0 spiro atoms. The van der Waals surface area contributed by atoms with Crippen molar-refractivity contribution in [3.63, 3.8) is 0 Å². The largest absolute Gasteiger partial charge is 0.491 e. The number of nitrogens with one attached hydrogen (secondary N) is 1. The molecule has 2 saturated heterocycles. The first-order valence-electron chi connectivity index (χ1n) is 12.0. The van der Waals surface area contributed by atoms with Crippen LogP contribution in [-0.2, 0) is 4.79 Å². The van der Waals surface area contributed by atoms with Gasteiger partial charge >= 0.3 is 0 Å². The topological polar surface area (TPSA) is 83.5 Å². The van der Waals surface area contributed by atoms with Gasteiger partial charge in [-0.25, -0.2) is 19.3 Å². The number of hydrogen-bond acceptors (Lipinski definition) is 7. The Bertz CT molecular complexity index is 1380. The molecule has 8 nitrogen and oxygen atoms in total. The number of fused-ring (bicyclic) bond motifs is 3. The number of ether oxygens (including phenoxy) is 1. The van der Waals surface area contributed by atoms with Crippen molar-refractivity contribution in [1.29, 1.82) is 0 Å². The lowest BCUT2D eigenvalue weighted by Gasteiger charge is -2.34. The van der Waals surface area contributed by atoms with Crippen molar-refractivity contribution in [2.24, 2.45) is 5.41 Å². The minimum absolute atomic E-state index is 0.0349. The first-order chi connectivity index (χ1) is 17.3. The molecule has 1 aliphatic carbocycles. The molecule has 10 heteroatoms. The summed E-state index contributed by atoms with van der Waals surface area (Å²) >= 11 is 6.29. The molecular weight excluding hydrogens is 483 g/mol. The van der Waals surface area contributed by atoms with E-state index in [1.807, 2.05) is 17.0 Å². The normalized spacial score (nSPS) is 21.6. The number of benzene rings is 1. The van der Waals surface area contributed by atoms with Gasteiger partial charge < -0.3 is 19.9 Å². The molecule has 3 fully saturated rings. The standard InChI is InChI=1S/C26H26ClFN6O2/c1-3-21(35)34-12-15-10-16(34)11-33(15)20-7-5-18-24(32-20)25(30-14-29-18)31-17-4-6-19(22(27)23(17)28)36-13-26(2)8-9-26/h3-7,14-16H,1,8-13H2,2H3,(H,29,30,31)/t15-,16-/m0/s1. The molecular formula is C26H26ClFN6O2. The van der Waals surface area contributed by atoms with Crippen LogP contribution in [0.15, 0.2) is 43.2 Å². The van der Waals surface area contributed by atoms with Gasteiger partial charge in [0.2, 0.25) is 5.91 Å². The van der Waals surface area contributed by atoms with Crippen molar-refractivity contribution < 1.29 is 13.9 Å². The van der Waals surface area contributed by atoms with Crippen LogP contribution >= 0.6 is 11.6 Å². The van der Waals surface area contributed by atoms with Crippen molar-refractivity contribution in [3.8, 4) is 5.75 Å². The van der Waals surface area contributed by atoms with Gasteiger partial charge in [-0.05, 0) is 49.6 Å². The summed E-state index contributed by atoms with van der Waals surface area (Å²) in [6, 6.07) is 7.38. The third-order valence-electron chi connectivity index (χ3n) is 7.44. The summed E-state index contributed by atoms with van der Waals surface area (Å²) in [7, 11) is 0. The Morgan fingerprint density at radius 1 is 1.28 bits per heavy atom. The van der Waals surface area contributed by atoms with E-state index < -0.39 is 5.82 Å². The van der Waals surface area contributed by atoms with Crippen molar-refractivity contribution >= 4 is 45.9 Å². The Morgan fingerprint density at radius 3 is 2.83 bits per heavy atom. The minimum Gasteiger partial charge on any atom is -0.491 e. The van der Waals surface area contributed by atoms with Crippen LogP contribution in [0.25, 0.3) is 11.0 Å². The first-order valence-corrected chi connectivity index (χ1v) is 12.4. The van der Waals surface area contributed by atoms with E-state index in [2.05, 4.69) is 33.7 Å². The number of anilines is 3. The van der Waals surface area contributed by atoms with Gasteiger partial charge in [-0.1, -0.05) is 25.1 Å². The summed E-state index contributed by atoms with van der Waals surface area (Å²) in [4.78, 5) is 29.6. The maximum absolute atomic E-state index is 15.2. The monoisotopic (exact) mass is 508 g/mol. The van der Waals surface area contributed by atoms with Gasteiger partial charge in [-0.3, -0.25) is 4.79 Å². The Hall–Kier alpha value is -3.46. The SMILES string of the molecule is C=CC(=O)N1C[C@@H]2C[C@H]1CN2c1ccc2ncnc(Nc3ccc(OCC4(C)CC4)c(Cl)c3F)c2n1. The van der Waals surface area contributed by atoms with Crippen LogP contribution < -0.4 is 15.0 Å². The van der Waals surface area contributed by atoms with Gasteiger partial charge in [0.1, 0.15) is 28.4 Å². The number of carbonyl (C=O) groups excluding carboxylic acids is 1. The van der Waals surface area contributed by atoms with Crippen LogP contribution in [0.1, 0.15) is 26.2 Å². The highest BCUT2D eigenvalue weighted by Crippen LogP contribution is 2.46. The number of pyridine rings is 1. The van der Waals surface area contributed by atoms with Gasteiger partial charge in [0, 0.05) is 18.5 Å². The lowest BCUT2D eigenvalue weighted by Crippen LogP contribution is -2.48. The highest BCUT2D eigenvalue weighted by molar-refractivity contribution is 6.32. The summed E-state index contributed by atoms with van der Waals surface area (Å²) in [6.07, 6.45) is 5.88. The predicted molar refractivity (Wildman–Crippen MR) is 136 cm³/mol. The zero-order valence-electron chi connectivity index (χ0n) is 19.9. The van der Waals surface area contributed by atoms with Gasteiger partial charge in [0.05, 0.1) is 29.9 Å². The Kier molecular flexibility index (Phi) is 5.48. The van der Waals surface area contributed by atoms with Crippen LogP contribution in [0.5, 0.6) is 5.75 Å². The van der Waals surface area contributed by atoms with Crippen molar-refractivity contribution in [3.05, 3.63) is 54.1 Å². The fraction of sp³-hybridized carbons (Fsp3) is 0.385. The summed E-state index contributed by atoms with van der Waals surface area (Å²) in [6.45, 7) is 7.59. The lowest BCUT2D eigenvalue weighted by molar-refractivity contribution is -0.127. The molecule has 0 radical (unpaired) electrons. The van der Waals surface area contributed by atoms with Crippen LogP contribution in [0.2, 0.25) is 5.02 Å². The fourth-order valence-electron chi connectivity index (χ4n) is 4.99. The van der Waals surface area contributed by atoms with E-state index in [1.165, 1.54) is 12.4 Å². The third kappa shape index (κ3) is 4.01. The average Bonchev–Trinajstić information content (AvgIpc) is 3.29. The van der Waals surface area contributed by atoms with Gasteiger partial charge in [-0.2, -0.15) is 0 Å². The lowest BCUT2D eigenvalue weighted by atomic mass is 10.2. The van der Waals surface area contributed by atoms with E-state index in [-0.39, 0.29) is 34.1 Å². The van der Waals surface area contributed by atoms with E-state index in [0.29, 0.717) is 42.3 Å². The molecule has 36 heavy (non-hydrogen) atoms. The average molecular weight is 509 g/mol. The van der Waals surface area contributed by atoms with Crippen molar-refractivity contribution in [2.45, 2.75) is 38.3 Å². The summed E-state index contributed by atoms with van der Waals surface area (Å²) in [5.41, 5.74) is 1.49. The van der Waals surface area contributed by atoms with Gasteiger partial charge in [0.15, 0.2) is 11.6 Å². The zero-order valence-corrected chi connectivity index (χ0v) is 20.6. The Labute approximate surface area is 213 Å². The number of likely N-dealkylation sites (tertiary alicyclic amines) is 1. The molecule has 3 aliphatic rings. The molecule has 4 heterocycles. The van der Waals surface area contributed by atoms with Crippen LogP contribution in [0, 0.1) is 11.2 Å². The van der Waals surface area contributed by atoms with Gasteiger partial charge in [0.25, 0.3) is 0 Å². The predicted octanol–water partition coefficient (Wildman–Crippen LogP) is 4.72. The number of carbonyl (C=O) groups is 1. The first kappa shape index (κ1) is 23.0. The molecule has 2 aliphatic heterocycles. The quantitative estimate of drug-likeness (QED) is 0.462. The van der Waals surface area contributed by atoms with Crippen molar-refractivity contribution in [1.82, 2.24) is 19.9 Å². The number of piperazine rings is 1. The molecule has 6 rings (SSSR count). The molecule has 1 aromatic carbocycles. The number of rotatable bonds is 7. The molecule has 1 N–H and O–H groups in total. The molecule has 0 unspecified atom stereocenters. The second-order valence-electron chi connectivity index (χ2n) is 10.1. The number of nitrogens with zero attached hydrogens (tertiary/aromatic N) is 5. The molecule has 186 valence electrons. The van der Waals surface area contributed by atoms with Crippen LogP contribution in [-0.4, -0.2) is 57.5 Å². The summed E-state index contributed by atoms with van der Waals surface area (Å²) in [5.74, 6) is 0.834. The van der Waals surface area contributed by atoms with Crippen LogP contribution in [0.4, 0.5) is 21.7 Å². The highest BCUT2D eigenvalue weighted by Gasteiger charge is 2.45. The van der Waals surface area contributed by atoms with E-state index in [1.54, 1.807) is 12.1 Å². The van der Waals surface area contributed by atoms with Crippen LogP contribution in [0.3, 0.4) is 0 Å². The fourth-order valence-corrected chi connectivity index (χ4v) is 5.21. The second kappa shape index (κ2) is 8.58. The smallest absolute Gasteiger partial charge is 0.246 e. The number of hydrogen-bond donors (Lipinski definition) is 1. The van der Waals surface area contributed by atoms with E-state index in [4.69, 9.17) is 21.3 Å². The van der Waals surface area contributed by atoms with E-state index in [0.717, 1.165) is 25.1 Å². The summed E-state index contributed by atoms with van der Waals surface area (Å²) in [5, 5.41) is 2.97. The highest BCUT2D eigenvalue weighted by atomic mass is 35.5. The summed E-state index contributed by atoms with van der Waals surface area (Å²) < 4.78 is 20.9. The van der Waals surface area contributed by atoms with Crippen molar-refractivity contribution in [2.75, 3.05) is 29.9 Å². The molecule has 3 aromatic rings. The molecule has 1 amide bonds. The minimum atomic E-state index is -0.609. The molecule has 2 aromatic heterocycles. The molecule has 1 saturated carbocycles. The molecule has 2 atom stereocenters. The van der Waals surface area contributed by atoms with E-state index >= 15 is 4.39 Å². The number of amides is 1. The second-order valence-corrected chi connectivity index (χ2v) is 10.5. The Morgan fingerprint density at radius 2 is 2.11 bits per heavy atom. The zero-order chi connectivity index (χ0) is 25.0. The number of aromatic nitrogens is 3. The maximum atomic E-state index is 15.2. The Balaban J connectivity index is 1.25. The number of halogens is 2. The van der Waals surface area contributed by atoms with E-state index in [9.17, 15) is 4.79 Å². The van der Waals surface area contributed by atoms with Gasteiger partial charge in [-0.15, -0.1) is 0 Å². The maximum Gasteiger partial charge on any atom is 0.246 e. The molecule has 2 bridgehead atoms.